The molecule has 1 aromatic heterocycles. The molecule has 32 heavy (non-hydrogen) atoms. The van der Waals surface area contributed by atoms with Gasteiger partial charge in [-0.2, -0.15) is 4.31 Å². The molecular formula is C22H30ClN3O4S2. The summed E-state index contributed by atoms with van der Waals surface area (Å²) in [5.41, 5.74) is 0.507. The second kappa shape index (κ2) is 12.1. The number of piperidine rings is 1. The third-order valence-corrected chi connectivity index (χ3v) is 8.95. The van der Waals surface area contributed by atoms with Gasteiger partial charge in [-0.15, -0.1) is 11.3 Å². The fourth-order valence-corrected chi connectivity index (χ4v) is 6.52. The number of halogens is 1. The Balaban J connectivity index is 1.47. The summed E-state index contributed by atoms with van der Waals surface area (Å²) in [6.45, 7) is 5.58. The van der Waals surface area contributed by atoms with Crippen LogP contribution in [0.2, 0.25) is 5.02 Å². The van der Waals surface area contributed by atoms with Gasteiger partial charge >= 0.3 is 0 Å². The van der Waals surface area contributed by atoms with Crippen molar-refractivity contribution in [1.29, 1.82) is 0 Å². The number of sulfonamides is 1. The summed E-state index contributed by atoms with van der Waals surface area (Å²) in [6.07, 6.45) is 2.57. The Labute approximate surface area is 199 Å². The van der Waals surface area contributed by atoms with Crippen LogP contribution in [0.25, 0.3) is 0 Å². The zero-order valence-corrected chi connectivity index (χ0v) is 20.6. The van der Waals surface area contributed by atoms with Gasteiger partial charge in [0.25, 0.3) is 15.9 Å². The Morgan fingerprint density at radius 3 is 2.56 bits per heavy atom. The van der Waals surface area contributed by atoms with Crippen molar-refractivity contribution in [3.63, 3.8) is 0 Å². The number of carbonyl (C=O) groups excluding carboxylic acids is 1. The minimum absolute atomic E-state index is 0.228. The summed E-state index contributed by atoms with van der Waals surface area (Å²) in [5.74, 6) is -0.228. The Morgan fingerprint density at radius 2 is 1.88 bits per heavy atom. The van der Waals surface area contributed by atoms with Gasteiger partial charge in [0.1, 0.15) is 4.21 Å². The third-order valence-electron chi connectivity index (χ3n) is 5.24. The van der Waals surface area contributed by atoms with E-state index in [1.54, 1.807) is 40.7 Å². The highest BCUT2D eigenvalue weighted by molar-refractivity contribution is 7.91. The maximum atomic E-state index is 13.0. The lowest BCUT2D eigenvalue weighted by Gasteiger charge is -2.31. The summed E-state index contributed by atoms with van der Waals surface area (Å²) >= 11 is 7.04. The van der Waals surface area contributed by atoms with Crippen LogP contribution >= 0.6 is 22.9 Å². The van der Waals surface area contributed by atoms with Crippen LogP contribution in [0.1, 0.15) is 41.4 Å². The quantitative estimate of drug-likeness (QED) is 0.462. The maximum absolute atomic E-state index is 13.0. The number of amides is 1. The van der Waals surface area contributed by atoms with E-state index >= 15 is 0 Å². The first-order chi connectivity index (χ1) is 15.4. The molecule has 0 atom stereocenters. The van der Waals surface area contributed by atoms with Crippen molar-refractivity contribution in [2.75, 3.05) is 32.8 Å². The minimum atomic E-state index is -3.52. The van der Waals surface area contributed by atoms with Crippen LogP contribution in [0.4, 0.5) is 0 Å². The van der Waals surface area contributed by atoms with Crippen LogP contribution in [0.5, 0.6) is 0 Å². The predicted octanol–water partition coefficient (Wildman–Crippen LogP) is 3.50. The van der Waals surface area contributed by atoms with Crippen molar-refractivity contribution >= 4 is 38.9 Å². The number of carbonyl (C=O) groups is 1. The SMILES string of the molecule is CCCOCCNC1CCN(S(=O)(=O)c2ccc(CNC(=O)c3ccc(Cl)cc3)s2)CC1. The zero-order valence-electron chi connectivity index (χ0n) is 18.2. The van der Waals surface area contributed by atoms with Crippen molar-refractivity contribution < 1.29 is 17.9 Å². The van der Waals surface area contributed by atoms with Crippen LogP contribution in [-0.2, 0) is 21.3 Å². The number of hydrogen-bond donors (Lipinski definition) is 2. The van der Waals surface area contributed by atoms with Gasteiger partial charge in [0.15, 0.2) is 0 Å². The number of hydrogen-bond acceptors (Lipinski definition) is 6. The molecule has 176 valence electrons. The first-order valence-corrected chi connectivity index (χ1v) is 13.5. The van der Waals surface area contributed by atoms with E-state index in [0.29, 0.717) is 40.5 Å². The molecule has 7 nitrogen and oxygen atoms in total. The van der Waals surface area contributed by atoms with Crippen molar-refractivity contribution in [3.05, 3.63) is 51.9 Å². The van der Waals surface area contributed by atoms with E-state index in [2.05, 4.69) is 17.6 Å². The molecule has 1 aliphatic heterocycles. The van der Waals surface area contributed by atoms with Crippen LogP contribution in [-0.4, -0.2) is 57.5 Å². The molecule has 0 unspecified atom stereocenters. The van der Waals surface area contributed by atoms with Gasteiger partial charge in [-0.05, 0) is 55.7 Å². The summed E-state index contributed by atoms with van der Waals surface area (Å²) in [4.78, 5) is 13.0. The summed E-state index contributed by atoms with van der Waals surface area (Å²) in [6, 6.07) is 10.3. The average molecular weight is 500 g/mol. The Bertz CT molecular complexity index is 971. The summed E-state index contributed by atoms with van der Waals surface area (Å²) in [5, 5.41) is 6.83. The van der Waals surface area contributed by atoms with E-state index in [1.165, 1.54) is 11.3 Å². The van der Waals surface area contributed by atoms with Gasteiger partial charge in [-0.25, -0.2) is 8.42 Å². The highest BCUT2D eigenvalue weighted by Crippen LogP contribution is 2.27. The molecule has 2 aromatic rings. The fraction of sp³-hybridized carbons (Fsp3) is 0.500. The molecule has 0 bridgehead atoms. The van der Waals surface area contributed by atoms with Gasteiger partial charge in [0.05, 0.1) is 13.2 Å². The highest BCUT2D eigenvalue weighted by atomic mass is 35.5. The lowest BCUT2D eigenvalue weighted by atomic mass is 10.1. The zero-order chi connectivity index (χ0) is 23.0. The smallest absolute Gasteiger partial charge is 0.252 e. The minimum Gasteiger partial charge on any atom is -0.380 e. The normalized spacial score (nSPS) is 15.7. The Hall–Kier alpha value is -1.49. The van der Waals surface area contributed by atoms with E-state index < -0.39 is 10.0 Å². The molecule has 1 aliphatic rings. The lowest BCUT2D eigenvalue weighted by molar-refractivity contribution is 0.0951. The molecule has 0 aliphatic carbocycles. The summed E-state index contributed by atoms with van der Waals surface area (Å²) in [7, 11) is -3.52. The van der Waals surface area contributed by atoms with E-state index in [1.807, 2.05) is 0 Å². The van der Waals surface area contributed by atoms with E-state index in [-0.39, 0.29) is 12.5 Å². The number of thiophene rings is 1. The van der Waals surface area contributed by atoms with Gasteiger partial charge in [-0.1, -0.05) is 18.5 Å². The molecule has 2 heterocycles. The number of nitrogens with one attached hydrogen (secondary N) is 2. The molecule has 1 amide bonds. The number of nitrogens with zero attached hydrogens (tertiary/aromatic N) is 1. The molecule has 3 rings (SSSR count). The first-order valence-electron chi connectivity index (χ1n) is 10.8. The van der Waals surface area contributed by atoms with Gasteiger partial charge in [-0.3, -0.25) is 4.79 Å². The molecule has 2 N–H and O–H groups in total. The molecule has 1 fully saturated rings. The predicted molar refractivity (Wildman–Crippen MR) is 128 cm³/mol. The molecule has 0 saturated carbocycles. The van der Waals surface area contributed by atoms with Crippen LogP contribution < -0.4 is 10.6 Å². The van der Waals surface area contributed by atoms with Crippen molar-refractivity contribution in [1.82, 2.24) is 14.9 Å². The second-order valence-electron chi connectivity index (χ2n) is 7.66. The van der Waals surface area contributed by atoms with Crippen LogP contribution in [0.15, 0.2) is 40.6 Å². The highest BCUT2D eigenvalue weighted by Gasteiger charge is 2.30. The van der Waals surface area contributed by atoms with Gasteiger partial charge < -0.3 is 15.4 Å². The van der Waals surface area contributed by atoms with Crippen LogP contribution in [0.3, 0.4) is 0 Å². The van der Waals surface area contributed by atoms with Gasteiger partial charge in [0, 0.05) is 47.7 Å². The first kappa shape index (κ1) is 25.1. The lowest BCUT2D eigenvalue weighted by Crippen LogP contribution is -2.45. The molecule has 1 aromatic carbocycles. The second-order valence-corrected chi connectivity index (χ2v) is 11.4. The van der Waals surface area contributed by atoms with E-state index in [9.17, 15) is 13.2 Å². The molecule has 0 radical (unpaired) electrons. The van der Waals surface area contributed by atoms with Crippen molar-refractivity contribution in [2.45, 2.75) is 43.0 Å². The number of rotatable bonds is 11. The number of ether oxygens (including phenoxy) is 1. The fourth-order valence-electron chi connectivity index (χ4n) is 3.47. The van der Waals surface area contributed by atoms with Gasteiger partial charge in [0.2, 0.25) is 0 Å². The van der Waals surface area contributed by atoms with Crippen LogP contribution in [0, 0.1) is 0 Å². The molecular weight excluding hydrogens is 470 g/mol. The van der Waals surface area contributed by atoms with E-state index in [4.69, 9.17) is 16.3 Å². The van der Waals surface area contributed by atoms with Crippen molar-refractivity contribution in [3.8, 4) is 0 Å². The standard InChI is InChI=1S/C22H30ClN3O4S2/c1-2-14-30-15-11-24-19-9-12-26(13-10-19)32(28,29)21-8-7-20(31-21)16-25-22(27)17-3-5-18(23)6-4-17/h3-8,19,24H,2,9-16H2,1H3,(H,25,27). The topological polar surface area (TPSA) is 87.7 Å². The van der Waals surface area contributed by atoms with Crippen molar-refractivity contribution in [2.24, 2.45) is 0 Å². The Morgan fingerprint density at radius 1 is 1.16 bits per heavy atom. The summed E-state index contributed by atoms with van der Waals surface area (Å²) < 4.78 is 33.4. The molecule has 1 saturated heterocycles. The molecule has 0 spiro atoms. The third kappa shape index (κ3) is 7.00. The average Bonchev–Trinajstić information content (AvgIpc) is 3.28. The monoisotopic (exact) mass is 499 g/mol. The van der Waals surface area contributed by atoms with E-state index in [0.717, 1.165) is 37.3 Å². The maximum Gasteiger partial charge on any atom is 0.252 e. The number of benzene rings is 1. The Kier molecular flexibility index (Phi) is 9.51. The largest absolute Gasteiger partial charge is 0.380 e. The molecule has 10 heteroatoms.